The van der Waals surface area contributed by atoms with Crippen molar-refractivity contribution in [3.05, 3.63) is 17.0 Å². The third kappa shape index (κ3) is 3.83. The highest BCUT2D eigenvalue weighted by molar-refractivity contribution is 7.91. The highest BCUT2D eigenvalue weighted by atomic mass is 32.2. The Labute approximate surface area is 166 Å². The number of hydrogen-bond acceptors (Lipinski definition) is 4. The van der Waals surface area contributed by atoms with Crippen LogP contribution in [0.2, 0.25) is 0 Å². The van der Waals surface area contributed by atoms with Crippen molar-refractivity contribution in [3.8, 4) is 0 Å². The van der Waals surface area contributed by atoms with Gasteiger partial charge in [-0.3, -0.25) is 4.79 Å². The van der Waals surface area contributed by atoms with E-state index in [0.717, 1.165) is 29.1 Å². The molecule has 150 valence electrons. The molecule has 0 spiro atoms. The van der Waals surface area contributed by atoms with Gasteiger partial charge in [0.15, 0.2) is 0 Å². The Bertz CT molecular complexity index is 780. The lowest BCUT2D eigenvalue weighted by Gasteiger charge is -2.59. The lowest BCUT2D eigenvalue weighted by molar-refractivity contribution is -0.119. The van der Waals surface area contributed by atoms with Gasteiger partial charge in [-0.1, -0.05) is 6.92 Å². The van der Waals surface area contributed by atoms with Gasteiger partial charge in [-0.15, -0.1) is 11.3 Å². The molecule has 1 atom stereocenters. The second kappa shape index (κ2) is 7.16. The molecule has 2 N–H and O–H groups in total. The van der Waals surface area contributed by atoms with Crippen LogP contribution in [-0.2, 0) is 21.4 Å². The van der Waals surface area contributed by atoms with E-state index in [2.05, 4.69) is 17.0 Å². The van der Waals surface area contributed by atoms with Gasteiger partial charge in [0, 0.05) is 17.8 Å². The molecule has 4 fully saturated rings. The van der Waals surface area contributed by atoms with E-state index in [1.807, 2.05) is 0 Å². The van der Waals surface area contributed by atoms with Gasteiger partial charge < -0.3 is 5.32 Å². The zero-order chi connectivity index (χ0) is 19.2. The average Bonchev–Trinajstić information content (AvgIpc) is 3.06. The lowest BCUT2D eigenvalue weighted by atomic mass is 9.47. The predicted molar refractivity (Wildman–Crippen MR) is 107 cm³/mol. The fourth-order valence-electron chi connectivity index (χ4n) is 6.30. The van der Waals surface area contributed by atoms with Crippen molar-refractivity contribution in [1.82, 2.24) is 10.0 Å². The molecule has 4 aliphatic rings. The van der Waals surface area contributed by atoms with Crippen molar-refractivity contribution in [3.63, 3.8) is 0 Å². The Morgan fingerprint density at radius 3 is 2.30 bits per heavy atom. The van der Waals surface area contributed by atoms with Gasteiger partial charge in [-0.2, -0.15) is 0 Å². The molecule has 4 saturated carbocycles. The fourth-order valence-corrected chi connectivity index (χ4v) is 9.03. The van der Waals surface area contributed by atoms with Gasteiger partial charge in [0.25, 0.3) is 0 Å². The molecule has 5 rings (SSSR count). The second-order valence-electron chi connectivity index (χ2n) is 8.99. The van der Waals surface area contributed by atoms with Crippen molar-refractivity contribution < 1.29 is 13.2 Å². The first-order valence-corrected chi connectivity index (χ1v) is 12.4. The van der Waals surface area contributed by atoms with Crippen LogP contribution in [0.25, 0.3) is 0 Å². The zero-order valence-electron chi connectivity index (χ0n) is 16.2. The van der Waals surface area contributed by atoms with Crippen molar-refractivity contribution >= 4 is 27.3 Å². The van der Waals surface area contributed by atoms with Gasteiger partial charge >= 0.3 is 0 Å². The molecule has 1 aromatic heterocycles. The molecule has 1 aromatic rings. The van der Waals surface area contributed by atoms with E-state index in [1.54, 1.807) is 12.1 Å². The van der Waals surface area contributed by atoms with Gasteiger partial charge in [-0.25, -0.2) is 13.1 Å². The van der Waals surface area contributed by atoms with Gasteiger partial charge in [-0.05, 0) is 80.2 Å². The van der Waals surface area contributed by atoms with Crippen molar-refractivity contribution in [2.24, 2.45) is 23.2 Å². The van der Waals surface area contributed by atoms with Crippen LogP contribution in [0.1, 0.15) is 63.7 Å². The molecule has 5 nitrogen and oxygen atoms in total. The highest BCUT2D eigenvalue weighted by Gasteiger charge is 2.54. The number of amides is 1. The van der Waals surface area contributed by atoms with Crippen molar-refractivity contribution in [2.45, 2.75) is 75.6 Å². The summed E-state index contributed by atoms with van der Waals surface area (Å²) in [6.07, 6.45) is 8.50. The van der Waals surface area contributed by atoms with Crippen LogP contribution < -0.4 is 10.0 Å². The van der Waals surface area contributed by atoms with E-state index in [4.69, 9.17) is 0 Å². The summed E-state index contributed by atoms with van der Waals surface area (Å²) >= 11 is 1.25. The molecule has 1 amide bonds. The summed E-state index contributed by atoms with van der Waals surface area (Å²) in [6.45, 7) is 3.95. The fraction of sp³-hybridized carbons (Fsp3) is 0.750. The minimum absolute atomic E-state index is 0.0248. The molecule has 4 aliphatic carbocycles. The number of hydrogen-bond donors (Lipinski definition) is 2. The summed E-state index contributed by atoms with van der Waals surface area (Å²) in [6, 6.07) is 3.48. The number of carbonyl (C=O) groups is 1. The predicted octanol–water partition coefficient (Wildman–Crippen LogP) is 3.66. The minimum Gasteiger partial charge on any atom is -0.351 e. The Balaban J connectivity index is 1.50. The molecular formula is C20H30N2O3S2. The van der Waals surface area contributed by atoms with E-state index in [9.17, 15) is 13.2 Å². The first kappa shape index (κ1) is 19.4. The number of thiophene rings is 1. The van der Waals surface area contributed by atoms with Gasteiger partial charge in [0.1, 0.15) is 4.21 Å². The van der Waals surface area contributed by atoms with Crippen LogP contribution in [0.4, 0.5) is 0 Å². The van der Waals surface area contributed by atoms with Crippen LogP contribution in [0.15, 0.2) is 16.3 Å². The number of nitrogens with one attached hydrogen (secondary N) is 2. The Kier molecular flexibility index (Phi) is 5.14. The highest BCUT2D eigenvalue weighted by Crippen LogP contribution is 2.61. The summed E-state index contributed by atoms with van der Waals surface area (Å²) in [4.78, 5) is 11.9. The Hall–Kier alpha value is -0.920. The average molecular weight is 411 g/mol. The molecule has 1 heterocycles. The van der Waals surface area contributed by atoms with Gasteiger partial charge in [0.05, 0.1) is 6.54 Å². The summed E-state index contributed by atoms with van der Waals surface area (Å²) in [5, 5.41) is 2.72. The summed E-state index contributed by atoms with van der Waals surface area (Å²) in [7, 11) is -3.53. The Morgan fingerprint density at radius 2 is 1.78 bits per heavy atom. The topological polar surface area (TPSA) is 75.3 Å². The zero-order valence-corrected chi connectivity index (χ0v) is 17.8. The van der Waals surface area contributed by atoms with Crippen molar-refractivity contribution in [1.29, 1.82) is 0 Å². The van der Waals surface area contributed by atoms with Crippen LogP contribution in [0.3, 0.4) is 0 Å². The van der Waals surface area contributed by atoms with E-state index < -0.39 is 10.0 Å². The van der Waals surface area contributed by atoms with E-state index >= 15 is 0 Å². The minimum atomic E-state index is -3.53. The molecule has 0 saturated heterocycles. The standard InChI is InChI=1S/C20H30N2O3S2/c1-3-18(20-9-14-6-15(10-20)8-16(7-14)11-20)22-27(24,25)19-5-4-17(26-19)12-21-13(2)23/h4-5,14-16,18,22H,3,6-12H2,1-2H3,(H,21,23). The quantitative estimate of drug-likeness (QED) is 0.720. The van der Waals surface area contributed by atoms with Crippen LogP contribution >= 0.6 is 11.3 Å². The second-order valence-corrected chi connectivity index (χ2v) is 12.1. The monoisotopic (exact) mass is 410 g/mol. The van der Waals surface area contributed by atoms with Crippen LogP contribution in [0.5, 0.6) is 0 Å². The maximum Gasteiger partial charge on any atom is 0.250 e. The summed E-state index contributed by atoms with van der Waals surface area (Å²) in [5.41, 5.74) is 0.160. The van der Waals surface area contributed by atoms with E-state index in [0.29, 0.717) is 10.8 Å². The maximum atomic E-state index is 13.1. The maximum absolute atomic E-state index is 13.1. The normalized spacial score (nSPS) is 33.2. The molecule has 0 aliphatic heterocycles. The number of rotatable bonds is 7. The van der Waals surface area contributed by atoms with Crippen LogP contribution in [0, 0.1) is 23.2 Å². The third-order valence-corrected chi connectivity index (χ3v) is 9.99. The SMILES string of the molecule is CCC(NS(=O)(=O)c1ccc(CNC(C)=O)s1)C12CC3CC(CC(C3)C1)C2. The first-order chi connectivity index (χ1) is 12.8. The molecule has 1 unspecified atom stereocenters. The number of carbonyl (C=O) groups excluding carboxylic acids is 1. The summed E-state index contributed by atoms with van der Waals surface area (Å²) < 4.78 is 29.6. The lowest BCUT2D eigenvalue weighted by Crippen LogP contribution is -2.56. The Morgan fingerprint density at radius 1 is 1.19 bits per heavy atom. The molecule has 0 aromatic carbocycles. The number of sulfonamides is 1. The van der Waals surface area contributed by atoms with E-state index in [1.165, 1.54) is 56.8 Å². The van der Waals surface area contributed by atoms with Crippen LogP contribution in [-0.4, -0.2) is 20.4 Å². The molecule has 0 radical (unpaired) electrons. The van der Waals surface area contributed by atoms with E-state index in [-0.39, 0.29) is 17.4 Å². The van der Waals surface area contributed by atoms with Crippen molar-refractivity contribution in [2.75, 3.05) is 0 Å². The summed E-state index contributed by atoms with van der Waals surface area (Å²) in [5.74, 6) is 2.31. The third-order valence-electron chi connectivity index (χ3n) is 6.94. The molecular weight excluding hydrogens is 380 g/mol. The largest absolute Gasteiger partial charge is 0.351 e. The van der Waals surface area contributed by atoms with Gasteiger partial charge in [0.2, 0.25) is 15.9 Å². The molecule has 4 bridgehead atoms. The first-order valence-electron chi connectivity index (χ1n) is 10.1. The molecule has 27 heavy (non-hydrogen) atoms. The smallest absolute Gasteiger partial charge is 0.250 e. The molecule has 7 heteroatoms.